The van der Waals surface area contributed by atoms with Crippen LogP contribution in [0.4, 0.5) is 0 Å². The predicted octanol–water partition coefficient (Wildman–Crippen LogP) is 2.55. The minimum absolute atomic E-state index is 0. The number of nitrogens with two attached hydrogens (primary N) is 1. The number of aryl methyl sites for hydroxylation is 1. The Morgan fingerprint density at radius 2 is 2.11 bits per heavy atom. The number of nitrogens with one attached hydrogen (secondary N) is 1. The molecule has 19 heavy (non-hydrogen) atoms. The van der Waals surface area contributed by atoms with Gasteiger partial charge in [-0.15, -0.1) is 12.4 Å². The molecule has 2 unspecified atom stereocenters. The number of hydrogen-bond acceptors (Lipinski definition) is 2. The summed E-state index contributed by atoms with van der Waals surface area (Å²) in [5, 5.41) is 3.04. The third-order valence-corrected chi connectivity index (χ3v) is 3.80. The summed E-state index contributed by atoms with van der Waals surface area (Å²) in [6.45, 7) is 2.69. The fraction of sp³-hybridized carbons (Fsp3) is 0.533. The van der Waals surface area contributed by atoms with Gasteiger partial charge in [-0.3, -0.25) is 4.79 Å². The SMILES string of the molecule is Cc1ccccc1CNC(=O)C1CCCC(N)C1.Cl. The summed E-state index contributed by atoms with van der Waals surface area (Å²) in [6.07, 6.45) is 3.94. The Hall–Kier alpha value is -1.06. The summed E-state index contributed by atoms with van der Waals surface area (Å²) >= 11 is 0. The second kappa shape index (κ2) is 7.51. The van der Waals surface area contributed by atoms with Gasteiger partial charge in [0, 0.05) is 18.5 Å². The van der Waals surface area contributed by atoms with Crippen molar-refractivity contribution >= 4 is 18.3 Å². The smallest absolute Gasteiger partial charge is 0.223 e. The molecule has 4 heteroatoms. The predicted molar refractivity (Wildman–Crippen MR) is 80.2 cm³/mol. The molecular formula is C15H23ClN2O. The zero-order valence-electron chi connectivity index (χ0n) is 11.4. The molecule has 1 aromatic rings. The summed E-state index contributed by atoms with van der Waals surface area (Å²) < 4.78 is 0. The van der Waals surface area contributed by atoms with Gasteiger partial charge in [0.15, 0.2) is 0 Å². The van der Waals surface area contributed by atoms with E-state index in [2.05, 4.69) is 24.4 Å². The minimum Gasteiger partial charge on any atom is -0.352 e. The van der Waals surface area contributed by atoms with E-state index in [-0.39, 0.29) is 30.3 Å². The Balaban J connectivity index is 0.00000180. The van der Waals surface area contributed by atoms with Gasteiger partial charge in [-0.25, -0.2) is 0 Å². The Kier molecular flexibility index (Phi) is 6.32. The minimum atomic E-state index is 0. The van der Waals surface area contributed by atoms with E-state index in [1.54, 1.807) is 0 Å². The Labute approximate surface area is 121 Å². The van der Waals surface area contributed by atoms with Crippen LogP contribution in [-0.4, -0.2) is 11.9 Å². The summed E-state index contributed by atoms with van der Waals surface area (Å²) in [5.74, 6) is 0.270. The van der Waals surface area contributed by atoms with Gasteiger partial charge < -0.3 is 11.1 Å². The molecular weight excluding hydrogens is 260 g/mol. The van der Waals surface area contributed by atoms with Crippen molar-refractivity contribution in [3.8, 4) is 0 Å². The lowest BCUT2D eigenvalue weighted by Gasteiger charge is -2.25. The Morgan fingerprint density at radius 1 is 1.37 bits per heavy atom. The molecule has 2 rings (SSSR count). The van der Waals surface area contributed by atoms with Crippen LogP contribution in [0, 0.1) is 12.8 Å². The van der Waals surface area contributed by atoms with Crippen LogP contribution in [0.5, 0.6) is 0 Å². The van der Waals surface area contributed by atoms with Crippen LogP contribution >= 0.6 is 12.4 Å². The molecule has 0 radical (unpaired) electrons. The molecule has 1 fully saturated rings. The summed E-state index contributed by atoms with van der Waals surface area (Å²) in [6, 6.07) is 8.35. The first-order chi connectivity index (χ1) is 8.66. The third-order valence-electron chi connectivity index (χ3n) is 3.80. The normalized spacial score (nSPS) is 22.4. The zero-order valence-corrected chi connectivity index (χ0v) is 12.2. The van der Waals surface area contributed by atoms with Crippen molar-refractivity contribution in [2.45, 2.75) is 45.2 Å². The first kappa shape index (κ1) is 16.0. The Morgan fingerprint density at radius 3 is 2.79 bits per heavy atom. The lowest BCUT2D eigenvalue weighted by molar-refractivity contribution is -0.126. The third kappa shape index (κ3) is 4.51. The molecule has 1 aliphatic carbocycles. The van der Waals surface area contributed by atoms with Gasteiger partial charge >= 0.3 is 0 Å². The molecule has 3 N–H and O–H groups in total. The van der Waals surface area contributed by atoms with Crippen molar-refractivity contribution in [1.29, 1.82) is 0 Å². The van der Waals surface area contributed by atoms with Crippen LogP contribution < -0.4 is 11.1 Å². The van der Waals surface area contributed by atoms with E-state index in [0.29, 0.717) is 6.54 Å². The van der Waals surface area contributed by atoms with Crippen molar-refractivity contribution in [1.82, 2.24) is 5.32 Å². The number of carbonyl (C=O) groups excluding carboxylic acids is 1. The van der Waals surface area contributed by atoms with Crippen molar-refractivity contribution < 1.29 is 4.79 Å². The van der Waals surface area contributed by atoms with Crippen LogP contribution in [0.1, 0.15) is 36.8 Å². The number of amides is 1. The van der Waals surface area contributed by atoms with Gasteiger partial charge in [-0.2, -0.15) is 0 Å². The molecule has 1 aliphatic rings. The zero-order chi connectivity index (χ0) is 13.0. The second-order valence-electron chi connectivity index (χ2n) is 5.27. The topological polar surface area (TPSA) is 55.1 Å². The molecule has 0 bridgehead atoms. The van der Waals surface area contributed by atoms with Gasteiger partial charge in [-0.1, -0.05) is 30.7 Å². The van der Waals surface area contributed by atoms with E-state index in [0.717, 1.165) is 25.7 Å². The second-order valence-corrected chi connectivity index (χ2v) is 5.27. The number of halogens is 1. The van der Waals surface area contributed by atoms with Crippen LogP contribution in [0.25, 0.3) is 0 Å². The molecule has 0 aliphatic heterocycles. The van der Waals surface area contributed by atoms with Crippen LogP contribution in [0.15, 0.2) is 24.3 Å². The highest BCUT2D eigenvalue weighted by Crippen LogP contribution is 2.23. The van der Waals surface area contributed by atoms with Crippen LogP contribution in [0.2, 0.25) is 0 Å². The largest absolute Gasteiger partial charge is 0.352 e. The van der Waals surface area contributed by atoms with Gasteiger partial charge in [0.05, 0.1) is 0 Å². The van der Waals surface area contributed by atoms with E-state index in [1.165, 1.54) is 11.1 Å². The van der Waals surface area contributed by atoms with Crippen LogP contribution in [0.3, 0.4) is 0 Å². The standard InChI is InChI=1S/C15H22N2O.ClH/c1-11-5-2-3-6-13(11)10-17-15(18)12-7-4-8-14(16)9-12;/h2-3,5-6,12,14H,4,7-10,16H2,1H3,(H,17,18);1H. The van der Waals surface area contributed by atoms with Crippen molar-refractivity contribution in [2.24, 2.45) is 11.7 Å². The average molecular weight is 283 g/mol. The van der Waals surface area contributed by atoms with E-state index in [1.807, 2.05) is 12.1 Å². The number of hydrogen-bond donors (Lipinski definition) is 2. The molecule has 1 saturated carbocycles. The summed E-state index contributed by atoms with van der Waals surface area (Å²) in [4.78, 5) is 12.1. The molecule has 2 atom stereocenters. The molecule has 0 spiro atoms. The van der Waals surface area contributed by atoms with Crippen molar-refractivity contribution in [2.75, 3.05) is 0 Å². The van der Waals surface area contributed by atoms with Crippen molar-refractivity contribution in [3.05, 3.63) is 35.4 Å². The maximum Gasteiger partial charge on any atom is 0.223 e. The number of benzene rings is 1. The summed E-state index contributed by atoms with van der Waals surface area (Å²) in [7, 11) is 0. The fourth-order valence-corrected chi connectivity index (χ4v) is 2.60. The van der Waals surface area contributed by atoms with E-state index in [4.69, 9.17) is 5.73 Å². The lowest BCUT2D eigenvalue weighted by Crippen LogP contribution is -2.37. The van der Waals surface area contributed by atoms with E-state index >= 15 is 0 Å². The van der Waals surface area contributed by atoms with Gasteiger partial charge in [0.2, 0.25) is 5.91 Å². The van der Waals surface area contributed by atoms with E-state index in [9.17, 15) is 4.79 Å². The first-order valence-electron chi connectivity index (χ1n) is 6.74. The monoisotopic (exact) mass is 282 g/mol. The Bertz CT molecular complexity index is 422. The number of carbonyl (C=O) groups is 1. The molecule has 1 aromatic carbocycles. The molecule has 1 amide bonds. The molecule has 106 valence electrons. The highest BCUT2D eigenvalue weighted by atomic mass is 35.5. The molecule has 3 nitrogen and oxygen atoms in total. The van der Waals surface area contributed by atoms with Crippen molar-refractivity contribution in [3.63, 3.8) is 0 Å². The molecule has 0 aromatic heterocycles. The maximum absolute atomic E-state index is 12.1. The van der Waals surface area contributed by atoms with Gasteiger partial charge in [-0.05, 0) is 37.3 Å². The van der Waals surface area contributed by atoms with Gasteiger partial charge in [0.25, 0.3) is 0 Å². The lowest BCUT2D eigenvalue weighted by atomic mass is 9.85. The highest BCUT2D eigenvalue weighted by Gasteiger charge is 2.24. The summed E-state index contributed by atoms with van der Waals surface area (Å²) in [5.41, 5.74) is 8.32. The molecule has 0 heterocycles. The van der Waals surface area contributed by atoms with E-state index < -0.39 is 0 Å². The number of rotatable bonds is 3. The first-order valence-corrected chi connectivity index (χ1v) is 6.74. The highest BCUT2D eigenvalue weighted by molar-refractivity contribution is 5.85. The fourth-order valence-electron chi connectivity index (χ4n) is 2.60. The molecule has 0 saturated heterocycles. The maximum atomic E-state index is 12.1. The quantitative estimate of drug-likeness (QED) is 0.895. The average Bonchev–Trinajstić information content (AvgIpc) is 2.37. The van der Waals surface area contributed by atoms with Gasteiger partial charge in [0.1, 0.15) is 0 Å². The van der Waals surface area contributed by atoms with Crippen LogP contribution in [-0.2, 0) is 11.3 Å².